The van der Waals surface area contributed by atoms with E-state index in [2.05, 4.69) is 31.0 Å². The molecule has 6 heteroatoms. The molecule has 1 aromatic heterocycles. The van der Waals surface area contributed by atoms with Crippen LogP contribution < -0.4 is 15.2 Å². The number of nitrogens with zero attached hydrogens (tertiary/aromatic N) is 2. The molecule has 0 unspecified atom stereocenters. The van der Waals surface area contributed by atoms with Gasteiger partial charge in [0, 0.05) is 16.5 Å². The van der Waals surface area contributed by atoms with Gasteiger partial charge in [0.05, 0.1) is 32.0 Å². The molecule has 0 atom stereocenters. The van der Waals surface area contributed by atoms with E-state index < -0.39 is 0 Å². The van der Waals surface area contributed by atoms with Crippen LogP contribution in [0.25, 0.3) is 22.2 Å². The first-order valence-electron chi connectivity index (χ1n) is 12.5. The monoisotopic (exact) mass is 484 g/mol. The summed E-state index contributed by atoms with van der Waals surface area (Å²) in [5.74, 6) is 2.46. The van der Waals surface area contributed by atoms with Crippen molar-refractivity contribution in [2.24, 2.45) is 5.92 Å². The van der Waals surface area contributed by atoms with Gasteiger partial charge >= 0.3 is 5.69 Å². The predicted molar refractivity (Wildman–Crippen MR) is 142 cm³/mol. The van der Waals surface area contributed by atoms with Crippen molar-refractivity contribution in [2.75, 3.05) is 14.2 Å². The summed E-state index contributed by atoms with van der Waals surface area (Å²) in [4.78, 5) is 18.0. The number of methoxy groups -OCH3 is 2. The maximum atomic E-state index is 13.4. The molecule has 0 aliphatic heterocycles. The van der Waals surface area contributed by atoms with Crippen LogP contribution in [0.15, 0.2) is 59.4 Å². The molecule has 0 bridgehead atoms. The van der Waals surface area contributed by atoms with Gasteiger partial charge < -0.3 is 14.6 Å². The average molecular weight is 485 g/mol. The van der Waals surface area contributed by atoms with Gasteiger partial charge in [-0.1, -0.05) is 44.2 Å². The Morgan fingerprint density at radius 2 is 1.72 bits per heavy atom. The summed E-state index contributed by atoms with van der Waals surface area (Å²) in [5, 5.41) is 11.8. The zero-order valence-electron chi connectivity index (χ0n) is 21.2. The highest BCUT2D eigenvalue weighted by Gasteiger charge is 2.26. The van der Waals surface area contributed by atoms with E-state index in [0.29, 0.717) is 35.6 Å². The second-order valence-electron chi connectivity index (χ2n) is 9.90. The molecule has 186 valence electrons. The van der Waals surface area contributed by atoms with E-state index in [1.54, 1.807) is 24.9 Å². The lowest BCUT2D eigenvalue weighted by Crippen LogP contribution is -2.25. The lowest BCUT2D eigenvalue weighted by molar-refractivity contribution is 0.354. The maximum absolute atomic E-state index is 13.4. The second-order valence-corrected chi connectivity index (χ2v) is 9.90. The van der Waals surface area contributed by atoms with Crippen molar-refractivity contribution in [3.63, 3.8) is 0 Å². The first kappa shape index (κ1) is 23.9. The molecule has 0 saturated heterocycles. The van der Waals surface area contributed by atoms with Crippen molar-refractivity contribution >= 4 is 10.9 Å². The Morgan fingerprint density at radius 3 is 2.36 bits per heavy atom. The van der Waals surface area contributed by atoms with Gasteiger partial charge in [0.25, 0.3) is 0 Å². The minimum atomic E-state index is -0.330. The van der Waals surface area contributed by atoms with Gasteiger partial charge in [0.15, 0.2) is 11.5 Å². The molecule has 1 saturated carbocycles. The summed E-state index contributed by atoms with van der Waals surface area (Å²) in [6, 6.07) is 17.4. The van der Waals surface area contributed by atoms with E-state index in [0.717, 1.165) is 46.9 Å². The van der Waals surface area contributed by atoms with Crippen molar-refractivity contribution in [3.8, 4) is 28.5 Å². The van der Waals surface area contributed by atoms with Crippen LogP contribution in [-0.2, 0) is 13.0 Å². The third kappa shape index (κ3) is 4.55. The fourth-order valence-corrected chi connectivity index (χ4v) is 4.79. The molecule has 1 fully saturated rings. The number of rotatable bonds is 8. The standard InChI is InChI=1S/C30H32N2O4/c1-18(2)21-8-10-22(11-9-21)29-28-23(15-19-5-6-19)25(33)13-12-24(28)32(30(34)31-29)17-20-7-14-26(35-3)27(16-20)36-4/h7-14,16,18-19,33H,5-6,15,17H2,1-4H3. The van der Waals surface area contributed by atoms with E-state index in [9.17, 15) is 9.90 Å². The molecule has 0 spiro atoms. The van der Waals surface area contributed by atoms with E-state index in [-0.39, 0.29) is 11.4 Å². The summed E-state index contributed by atoms with van der Waals surface area (Å²) in [6.07, 6.45) is 3.09. The van der Waals surface area contributed by atoms with Crippen LogP contribution in [0.3, 0.4) is 0 Å². The van der Waals surface area contributed by atoms with Gasteiger partial charge in [-0.15, -0.1) is 0 Å². The van der Waals surface area contributed by atoms with Crippen LogP contribution in [0.4, 0.5) is 0 Å². The quantitative estimate of drug-likeness (QED) is 0.337. The smallest absolute Gasteiger partial charge is 0.348 e. The zero-order valence-corrected chi connectivity index (χ0v) is 21.2. The summed E-state index contributed by atoms with van der Waals surface area (Å²) < 4.78 is 12.5. The Hall–Kier alpha value is -3.80. The Labute approximate surface area is 211 Å². The molecule has 3 aromatic carbocycles. The highest BCUT2D eigenvalue weighted by atomic mass is 16.5. The Kier molecular flexibility index (Phi) is 6.44. The Bertz CT molecular complexity index is 1470. The van der Waals surface area contributed by atoms with Gasteiger partial charge in [0.2, 0.25) is 0 Å². The van der Waals surface area contributed by atoms with Gasteiger partial charge in [-0.2, -0.15) is 4.98 Å². The number of phenolic OH excluding ortho intramolecular Hbond substituents is 1. The fraction of sp³-hybridized carbons (Fsp3) is 0.333. The first-order chi connectivity index (χ1) is 17.4. The largest absolute Gasteiger partial charge is 0.508 e. The SMILES string of the molecule is COc1ccc(Cn2c(=O)nc(-c3ccc(C(C)C)cc3)c3c(CC4CC4)c(O)ccc32)cc1OC. The minimum Gasteiger partial charge on any atom is -0.508 e. The third-order valence-corrected chi connectivity index (χ3v) is 7.06. The molecule has 36 heavy (non-hydrogen) atoms. The molecule has 0 amide bonds. The lowest BCUT2D eigenvalue weighted by atomic mass is 9.95. The molecule has 1 aliphatic carbocycles. The number of aromatic nitrogens is 2. The number of hydrogen-bond donors (Lipinski definition) is 1. The highest BCUT2D eigenvalue weighted by molar-refractivity contribution is 5.96. The second kappa shape index (κ2) is 9.69. The van der Waals surface area contributed by atoms with E-state index in [1.807, 2.05) is 36.4 Å². The number of fused-ring (bicyclic) bond motifs is 1. The molecular formula is C30H32N2O4. The van der Waals surface area contributed by atoms with Crippen molar-refractivity contribution in [3.05, 3.63) is 81.8 Å². The molecule has 4 aromatic rings. The summed E-state index contributed by atoms with van der Waals surface area (Å²) in [5.41, 5.74) is 4.92. The minimum absolute atomic E-state index is 0.257. The Balaban J connectivity index is 1.70. The van der Waals surface area contributed by atoms with Crippen LogP contribution in [0, 0.1) is 5.92 Å². The zero-order chi connectivity index (χ0) is 25.4. The fourth-order valence-electron chi connectivity index (χ4n) is 4.79. The summed E-state index contributed by atoms with van der Waals surface area (Å²) >= 11 is 0. The van der Waals surface area contributed by atoms with E-state index in [4.69, 9.17) is 9.47 Å². The van der Waals surface area contributed by atoms with E-state index in [1.165, 1.54) is 5.56 Å². The first-order valence-corrected chi connectivity index (χ1v) is 12.5. The predicted octanol–water partition coefficient (Wildman–Crippen LogP) is 5.91. The van der Waals surface area contributed by atoms with Crippen LogP contribution in [0.5, 0.6) is 17.2 Å². The van der Waals surface area contributed by atoms with Crippen molar-refractivity contribution in [1.82, 2.24) is 9.55 Å². The molecule has 1 heterocycles. The number of benzene rings is 3. The van der Waals surface area contributed by atoms with Gasteiger partial charge in [0.1, 0.15) is 5.75 Å². The van der Waals surface area contributed by atoms with Gasteiger partial charge in [-0.3, -0.25) is 4.57 Å². The van der Waals surface area contributed by atoms with Crippen molar-refractivity contribution in [2.45, 2.75) is 45.6 Å². The molecule has 1 aliphatic rings. The normalized spacial score (nSPS) is 13.4. The lowest BCUT2D eigenvalue weighted by Gasteiger charge is -2.18. The third-order valence-electron chi connectivity index (χ3n) is 7.06. The Morgan fingerprint density at radius 1 is 1.00 bits per heavy atom. The van der Waals surface area contributed by atoms with Gasteiger partial charge in [-0.25, -0.2) is 4.79 Å². The number of ether oxygens (including phenoxy) is 2. The molecule has 0 radical (unpaired) electrons. The molecule has 1 N–H and O–H groups in total. The number of phenols is 1. The number of aromatic hydroxyl groups is 1. The average Bonchev–Trinajstić information content (AvgIpc) is 3.71. The highest BCUT2D eigenvalue weighted by Crippen LogP contribution is 2.40. The maximum Gasteiger partial charge on any atom is 0.348 e. The molecule has 5 rings (SSSR count). The van der Waals surface area contributed by atoms with Crippen LogP contribution in [0.2, 0.25) is 0 Å². The van der Waals surface area contributed by atoms with Crippen molar-refractivity contribution in [1.29, 1.82) is 0 Å². The van der Waals surface area contributed by atoms with Gasteiger partial charge in [-0.05, 0) is 66.5 Å². The van der Waals surface area contributed by atoms with Crippen LogP contribution in [0.1, 0.15) is 49.3 Å². The molecule has 6 nitrogen and oxygen atoms in total. The number of hydrogen-bond acceptors (Lipinski definition) is 5. The summed E-state index contributed by atoms with van der Waals surface area (Å²) in [6.45, 7) is 4.64. The van der Waals surface area contributed by atoms with Crippen LogP contribution in [-0.4, -0.2) is 28.9 Å². The topological polar surface area (TPSA) is 73.6 Å². The molecular weight excluding hydrogens is 452 g/mol. The summed E-state index contributed by atoms with van der Waals surface area (Å²) in [7, 11) is 3.19. The van der Waals surface area contributed by atoms with Crippen LogP contribution >= 0.6 is 0 Å². The van der Waals surface area contributed by atoms with Crippen molar-refractivity contribution < 1.29 is 14.6 Å². The van der Waals surface area contributed by atoms with E-state index >= 15 is 0 Å².